The van der Waals surface area contributed by atoms with Crippen molar-refractivity contribution in [1.82, 2.24) is 15.1 Å². The van der Waals surface area contributed by atoms with E-state index in [1.54, 1.807) is 20.2 Å². The Balaban J connectivity index is 1.99. The van der Waals surface area contributed by atoms with Crippen molar-refractivity contribution in [1.29, 1.82) is 0 Å². The lowest BCUT2D eigenvalue weighted by molar-refractivity contribution is 0.0821. The highest BCUT2D eigenvalue weighted by molar-refractivity contribution is 7.99. The smallest absolute Gasteiger partial charge is 0.273 e. The molecule has 0 spiro atoms. The molecule has 92 valence electrons. The molecule has 1 fully saturated rings. The Labute approximate surface area is 105 Å². The van der Waals surface area contributed by atoms with Gasteiger partial charge in [0, 0.05) is 25.9 Å². The minimum absolute atomic E-state index is 0.125. The predicted molar refractivity (Wildman–Crippen MR) is 69.4 cm³/mol. The van der Waals surface area contributed by atoms with Crippen LogP contribution < -0.4 is 5.32 Å². The SMILES string of the molecule is CN(C)C(=O)c1ccc(NC2CCSC2)nn1. The van der Waals surface area contributed by atoms with Crippen molar-refractivity contribution < 1.29 is 4.79 Å². The standard InChI is InChI=1S/C11H16N4OS/c1-15(2)11(16)9-3-4-10(14-13-9)12-8-5-6-17-7-8/h3-4,8H,5-7H2,1-2H3,(H,12,14). The lowest BCUT2D eigenvalue weighted by atomic mass is 10.2. The minimum atomic E-state index is -0.125. The average molecular weight is 252 g/mol. The number of hydrogen-bond donors (Lipinski definition) is 1. The largest absolute Gasteiger partial charge is 0.365 e. The highest BCUT2D eigenvalue weighted by atomic mass is 32.2. The zero-order valence-corrected chi connectivity index (χ0v) is 10.8. The second kappa shape index (κ2) is 5.35. The molecule has 6 heteroatoms. The van der Waals surface area contributed by atoms with Gasteiger partial charge in [0.1, 0.15) is 5.82 Å². The maximum absolute atomic E-state index is 11.6. The quantitative estimate of drug-likeness (QED) is 0.873. The van der Waals surface area contributed by atoms with Gasteiger partial charge in [-0.25, -0.2) is 0 Å². The van der Waals surface area contributed by atoms with E-state index in [0.717, 1.165) is 18.0 Å². The summed E-state index contributed by atoms with van der Waals surface area (Å²) in [6.07, 6.45) is 1.16. The van der Waals surface area contributed by atoms with Gasteiger partial charge in [-0.2, -0.15) is 11.8 Å². The molecule has 1 N–H and O–H groups in total. The summed E-state index contributed by atoms with van der Waals surface area (Å²) < 4.78 is 0. The topological polar surface area (TPSA) is 58.1 Å². The van der Waals surface area contributed by atoms with Crippen molar-refractivity contribution in [2.75, 3.05) is 30.9 Å². The molecule has 1 amide bonds. The fourth-order valence-corrected chi connectivity index (χ4v) is 2.76. The Morgan fingerprint density at radius 2 is 2.29 bits per heavy atom. The van der Waals surface area contributed by atoms with Crippen LogP contribution in [0.5, 0.6) is 0 Å². The molecule has 2 heterocycles. The molecule has 1 saturated heterocycles. The van der Waals surface area contributed by atoms with E-state index in [4.69, 9.17) is 0 Å². The van der Waals surface area contributed by atoms with Crippen LogP contribution in [0.2, 0.25) is 0 Å². The first kappa shape index (κ1) is 12.2. The van der Waals surface area contributed by atoms with Crippen LogP contribution in [0, 0.1) is 0 Å². The Hall–Kier alpha value is -1.30. The number of amides is 1. The summed E-state index contributed by atoms with van der Waals surface area (Å²) in [6.45, 7) is 0. The second-order valence-corrected chi connectivity index (χ2v) is 5.36. The molecule has 5 nitrogen and oxygen atoms in total. The van der Waals surface area contributed by atoms with Gasteiger partial charge in [0.15, 0.2) is 5.69 Å². The van der Waals surface area contributed by atoms with Gasteiger partial charge in [-0.15, -0.1) is 10.2 Å². The van der Waals surface area contributed by atoms with E-state index < -0.39 is 0 Å². The molecule has 1 atom stereocenters. The highest BCUT2D eigenvalue weighted by Crippen LogP contribution is 2.20. The highest BCUT2D eigenvalue weighted by Gasteiger charge is 2.16. The summed E-state index contributed by atoms with van der Waals surface area (Å²) in [4.78, 5) is 13.1. The number of hydrogen-bond acceptors (Lipinski definition) is 5. The molecule has 0 aromatic carbocycles. The maximum atomic E-state index is 11.6. The molecule has 1 aliphatic heterocycles. The van der Waals surface area contributed by atoms with Crippen LogP contribution in [0.15, 0.2) is 12.1 Å². The van der Waals surface area contributed by atoms with Crippen molar-refractivity contribution >= 4 is 23.5 Å². The van der Waals surface area contributed by atoms with Crippen LogP contribution in [-0.2, 0) is 0 Å². The van der Waals surface area contributed by atoms with Crippen molar-refractivity contribution in [2.45, 2.75) is 12.5 Å². The van der Waals surface area contributed by atoms with Crippen molar-refractivity contribution in [2.24, 2.45) is 0 Å². The number of nitrogens with zero attached hydrogens (tertiary/aromatic N) is 3. The number of aromatic nitrogens is 2. The molecular formula is C11H16N4OS. The molecule has 1 aromatic heterocycles. The van der Waals surface area contributed by atoms with E-state index in [1.165, 1.54) is 10.7 Å². The molecule has 2 rings (SSSR count). The molecule has 1 aliphatic rings. The van der Waals surface area contributed by atoms with Crippen LogP contribution in [0.1, 0.15) is 16.9 Å². The van der Waals surface area contributed by atoms with Gasteiger partial charge in [0.2, 0.25) is 0 Å². The number of rotatable bonds is 3. The van der Waals surface area contributed by atoms with E-state index in [0.29, 0.717) is 11.7 Å². The van der Waals surface area contributed by atoms with Crippen LogP contribution in [0.4, 0.5) is 5.82 Å². The third-order valence-electron chi connectivity index (χ3n) is 2.57. The first-order valence-corrected chi connectivity index (χ1v) is 6.72. The zero-order chi connectivity index (χ0) is 12.3. The number of carbonyl (C=O) groups is 1. The molecule has 0 bridgehead atoms. The van der Waals surface area contributed by atoms with Crippen molar-refractivity contribution in [3.8, 4) is 0 Å². The van der Waals surface area contributed by atoms with Gasteiger partial charge >= 0.3 is 0 Å². The monoisotopic (exact) mass is 252 g/mol. The normalized spacial score (nSPS) is 19.1. The Morgan fingerprint density at radius 1 is 1.47 bits per heavy atom. The summed E-state index contributed by atoms with van der Waals surface area (Å²) in [5.41, 5.74) is 0.376. The van der Waals surface area contributed by atoms with Crippen molar-refractivity contribution in [3.05, 3.63) is 17.8 Å². The van der Waals surface area contributed by atoms with Gasteiger partial charge in [-0.1, -0.05) is 0 Å². The first-order valence-electron chi connectivity index (χ1n) is 5.56. The van der Waals surface area contributed by atoms with Crippen molar-refractivity contribution in [3.63, 3.8) is 0 Å². The van der Waals surface area contributed by atoms with E-state index in [2.05, 4.69) is 15.5 Å². The van der Waals surface area contributed by atoms with Gasteiger partial charge < -0.3 is 10.2 Å². The molecule has 0 radical (unpaired) electrons. The number of anilines is 1. The molecule has 1 aromatic rings. The van der Waals surface area contributed by atoms with Gasteiger partial charge in [0.05, 0.1) is 0 Å². The minimum Gasteiger partial charge on any atom is -0.365 e. The Kier molecular flexibility index (Phi) is 3.83. The van der Waals surface area contributed by atoms with E-state index in [-0.39, 0.29) is 5.91 Å². The lowest BCUT2D eigenvalue weighted by Gasteiger charge is -2.12. The van der Waals surface area contributed by atoms with Gasteiger partial charge in [-0.3, -0.25) is 4.79 Å². The third-order valence-corrected chi connectivity index (χ3v) is 3.73. The maximum Gasteiger partial charge on any atom is 0.273 e. The lowest BCUT2D eigenvalue weighted by Crippen LogP contribution is -2.24. The van der Waals surface area contributed by atoms with Gasteiger partial charge in [-0.05, 0) is 24.3 Å². The van der Waals surface area contributed by atoms with Gasteiger partial charge in [0.25, 0.3) is 5.91 Å². The third kappa shape index (κ3) is 3.09. The fourth-order valence-electron chi connectivity index (χ4n) is 1.61. The average Bonchev–Trinajstić information content (AvgIpc) is 2.82. The fraction of sp³-hybridized carbons (Fsp3) is 0.545. The van der Waals surface area contributed by atoms with E-state index >= 15 is 0 Å². The summed E-state index contributed by atoms with van der Waals surface area (Å²) in [5.74, 6) is 2.93. The molecule has 0 aliphatic carbocycles. The zero-order valence-electron chi connectivity index (χ0n) is 10.0. The molecule has 17 heavy (non-hydrogen) atoms. The number of thioether (sulfide) groups is 1. The first-order chi connectivity index (χ1) is 8.16. The van der Waals surface area contributed by atoms with Crippen LogP contribution >= 0.6 is 11.8 Å². The summed E-state index contributed by atoms with van der Waals surface area (Å²) in [5, 5.41) is 11.3. The van der Waals surface area contributed by atoms with Crippen LogP contribution in [0.25, 0.3) is 0 Å². The molecular weight excluding hydrogens is 236 g/mol. The summed E-state index contributed by atoms with van der Waals surface area (Å²) in [6, 6.07) is 4.00. The number of nitrogens with one attached hydrogen (secondary N) is 1. The summed E-state index contributed by atoms with van der Waals surface area (Å²) in [7, 11) is 3.40. The predicted octanol–water partition coefficient (Wildman–Crippen LogP) is 1.10. The molecule has 1 unspecified atom stereocenters. The molecule has 0 saturated carbocycles. The number of carbonyl (C=O) groups excluding carboxylic acids is 1. The second-order valence-electron chi connectivity index (χ2n) is 4.21. The van der Waals surface area contributed by atoms with Crippen LogP contribution in [-0.4, -0.2) is 52.6 Å². The summed E-state index contributed by atoms with van der Waals surface area (Å²) >= 11 is 1.94. The van der Waals surface area contributed by atoms with Crippen LogP contribution in [0.3, 0.4) is 0 Å². The van der Waals surface area contributed by atoms with E-state index in [1.807, 2.05) is 17.8 Å². The van der Waals surface area contributed by atoms with E-state index in [9.17, 15) is 4.79 Å². The Bertz CT molecular complexity index is 387. The Morgan fingerprint density at radius 3 is 2.82 bits per heavy atom.